The molecule has 0 atom stereocenters. The highest BCUT2D eigenvalue weighted by Crippen LogP contribution is 2.20. The van der Waals surface area contributed by atoms with Gasteiger partial charge in [0.15, 0.2) is 0 Å². The molecule has 3 nitrogen and oxygen atoms in total. The number of nitrogens with zero attached hydrogens (tertiary/aromatic N) is 1. The largest absolute Gasteiger partial charge is 0.308 e. The van der Waals surface area contributed by atoms with E-state index in [0.29, 0.717) is 0 Å². The monoisotopic (exact) mass is 173 g/mol. The summed E-state index contributed by atoms with van der Waals surface area (Å²) in [7, 11) is 0. The number of aryl methyl sites for hydroxylation is 1. The van der Waals surface area contributed by atoms with Crippen LogP contribution >= 0.6 is 0 Å². The van der Waals surface area contributed by atoms with Crippen LogP contribution in [0, 0.1) is 6.92 Å². The standard InChI is InChI=1S/C10H11N3/c1-7-2-3-9-8(6-7)4-5-12-10(9)13-11/h2-6H,11H2,1H3,(H,12,13). The smallest absolute Gasteiger partial charge is 0.147 e. The van der Waals surface area contributed by atoms with Crippen LogP contribution in [0.1, 0.15) is 5.56 Å². The second-order valence-corrected chi connectivity index (χ2v) is 3.03. The molecule has 0 radical (unpaired) electrons. The summed E-state index contributed by atoms with van der Waals surface area (Å²) in [4.78, 5) is 4.12. The Morgan fingerprint density at radius 1 is 1.31 bits per heavy atom. The van der Waals surface area contributed by atoms with Gasteiger partial charge in [0.1, 0.15) is 5.82 Å². The minimum absolute atomic E-state index is 0.720. The lowest BCUT2D eigenvalue weighted by atomic mass is 10.1. The molecule has 0 saturated heterocycles. The van der Waals surface area contributed by atoms with Crippen molar-refractivity contribution in [3.63, 3.8) is 0 Å². The molecule has 1 aromatic carbocycles. The minimum atomic E-state index is 0.720. The van der Waals surface area contributed by atoms with Crippen LogP contribution in [0.25, 0.3) is 10.8 Å². The maximum atomic E-state index is 5.34. The molecule has 0 bridgehead atoms. The zero-order chi connectivity index (χ0) is 9.26. The van der Waals surface area contributed by atoms with Crippen LogP contribution in [0.5, 0.6) is 0 Å². The number of fused-ring (bicyclic) bond motifs is 1. The third-order valence-corrected chi connectivity index (χ3v) is 2.06. The van der Waals surface area contributed by atoms with E-state index in [2.05, 4.69) is 23.4 Å². The van der Waals surface area contributed by atoms with Gasteiger partial charge < -0.3 is 5.43 Å². The number of anilines is 1. The summed E-state index contributed by atoms with van der Waals surface area (Å²) in [6.07, 6.45) is 1.75. The lowest BCUT2D eigenvalue weighted by Crippen LogP contribution is -2.08. The number of aromatic nitrogens is 1. The van der Waals surface area contributed by atoms with E-state index in [1.165, 1.54) is 5.56 Å². The second kappa shape index (κ2) is 3.03. The Morgan fingerprint density at radius 2 is 2.15 bits per heavy atom. The van der Waals surface area contributed by atoms with Crippen molar-refractivity contribution in [1.29, 1.82) is 0 Å². The number of hydrazine groups is 1. The van der Waals surface area contributed by atoms with Gasteiger partial charge in [-0.3, -0.25) is 0 Å². The molecular weight excluding hydrogens is 162 g/mol. The fourth-order valence-corrected chi connectivity index (χ4v) is 1.41. The van der Waals surface area contributed by atoms with Crippen LogP contribution in [0.4, 0.5) is 5.82 Å². The Bertz CT molecular complexity index is 437. The number of nitrogens with one attached hydrogen (secondary N) is 1. The molecule has 0 aliphatic rings. The molecule has 3 N–H and O–H groups in total. The molecule has 0 saturated carbocycles. The summed E-state index contributed by atoms with van der Waals surface area (Å²) >= 11 is 0. The number of benzene rings is 1. The molecule has 0 spiro atoms. The van der Waals surface area contributed by atoms with Gasteiger partial charge in [0.2, 0.25) is 0 Å². The molecule has 3 heteroatoms. The normalized spacial score (nSPS) is 10.3. The van der Waals surface area contributed by atoms with Crippen molar-refractivity contribution in [1.82, 2.24) is 4.98 Å². The topological polar surface area (TPSA) is 50.9 Å². The summed E-state index contributed by atoms with van der Waals surface area (Å²) in [5.41, 5.74) is 3.82. The SMILES string of the molecule is Cc1ccc2c(NN)nccc2c1. The van der Waals surface area contributed by atoms with E-state index < -0.39 is 0 Å². The number of hydrogen-bond donors (Lipinski definition) is 2. The molecule has 0 aliphatic heterocycles. The molecule has 0 unspecified atom stereocenters. The summed E-state index contributed by atoms with van der Waals surface area (Å²) in [6, 6.07) is 8.15. The first kappa shape index (κ1) is 8.01. The summed E-state index contributed by atoms with van der Waals surface area (Å²) in [6.45, 7) is 2.06. The van der Waals surface area contributed by atoms with Crippen LogP contribution in [-0.4, -0.2) is 4.98 Å². The Balaban J connectivity index is 2.77. The Morgan fingerprint density at radius 3 is 2.92 bits per heavy atom. The third kappa shape index (κ3) is 1.34. The molecule has 0 amide bonds. The number of nitrogens with two attached hydrogens (primary N) is 1. The van der Waals surface area contributed by atoms with E-state index >= 15 is 0 Å². The van der Waals surface area contributed by atoms with Gasteiger partial charge in [0, 0.05) is 11.6 Å². The van der Waals surface area contributed by atoms with Gasteiger partial charge in [-0.1, -0.05) is 23.8 Å². The van der Waals surface area contributed by atoms with Crippen LogP contribution < -0.4 is 11.3 Å². The van der Waals surface area contributed by atoms with E-state index in [-0.39, 0.29) is 0 Å². The van der Waals surface area contributed by atoms with Crippen molar-refractivity contribution >= 4 is 16.6 Å². The number of rotatable bonds is 1. The van der Waals surface area contributed by atoms with E-state index in [4.69, 9.17) is 5.84 Å². The molecule has 1 aromatic heterocycles. The summed E-state index contributed by atoms with van der Waals surface area (Å²) < 4.78 is 0. The highest BCUT2D eigenvalue weighted by molar-refractivity contribution is 5.91. The van der Waals surface area contributed by atoms with Crippen LogP contribution in [0.3, 0.4) is 0 Å². The van der Waals surface area contributed by atoms with Crippen LogP contribution in [-0.2, 0) is 0 Å². The highest BCUT2D eigenvalue weighted by atomic mass is 15.2. The molecular formula is C10H11N3. The van der Waals surface area contributed by atoms with Crippen LogP contribution in [0.2, 0.25) is 0 Å². The molecule has 2 rings (SSSR count). The van der Waals surface area contributed by atoms with Gasteiger partial charge in [0.05, 0.1) is 0 Å². The molecule has 66 valence electrons. The van der Waals surface area contributed by atoms with Gasteiger partial charge in [-0.2, -0.15) is 0 Å². The van der Waals surface area contributed by atoms with Crippen molar-refractivity contribution in [2.24, 2.45) is 5.84 Å². The van der Waals surface area contributed by atoms with E-state index in [1.807, 2.05) is 18.2 Å². The van der Waals surface area contributed by atoms with E-state index in [9.17, 15) is 0 Å². The number of nitrogen functional groups attached to an aromatic ring is 1. The first-order chi connectivity index (χ1) is 6.31. The maximum Gasteiger partial charge on any atom is 0.147 e. The van der Waals surface area contributed by atoms with Gasteiger partial charge in [0.25, 0.3) is 0 Å². The Hall–Kier alpha value is -1.61. The van der Waals surface area contributed by atoms with Gasteiger partial charge in [-0.15, -0.1) is 0 Å². The molecule has 0 fully saturated rings. The number of pyridine rings is 1. The van der Waals surface area contributed by atoms with Crippen molar-refractivity contribution < 1.29 is 0 Å². The fraction of sp³-hybridized carbons (Fsp3) is 0.100. The lowest BCUT2D eigenvalue weighted by Gasteiger charge is -2.04. The van der Waals surface area contributed by atoms with Gasteiger partial charge in [-0.25, -0.2) is 10.8 Å². The molecule has 2 aromatic rings. The summed E-state index contributed by atoms with van der Waals surface area (Å²) in [5.74, 6) is 6.06. The first-order valence-corrected chi connectivity index (χ1v) is 4.13. The average molecular weight is 173 g/mol. The van der Waals surface area contributed by atoms with Crippen molar-refractivity contribution in [3.05, 3.63) is 36.0 Å². The first-order valence-electron chi connectivity index (χ1n) is 4.13. The maximum absolute atomic E-state index is 5.34. The quantitative estimate of drug-likeness (QED) is 0.511. The van der Waals surface area contributed by atoms with Gasteiger partial charge in [-0.05, 0) is 18.4 Å². The molecule has 0 aliphatic carbocycles. The summed E-state index contributed by atoms with van der Waals surface area (Å²) in [5, 5.41) is 2.21. The Kier molecular flexibility index (Phi) is 1.87. The highest BCUT2D eigenvalue weighted by Gasteiger charge is 1.99. The average Bonchev–Trinajstić information content (AvgIpc) is 2.16. The zero-order valence-electron chi connectivity index (χ0n) is 7.41. The predicted octanol–water partition coefficient (Wildman–Crippen LogP) is 1.83. The van der Waals surface area contributed by atoms with Crippen molar-refractivity contribution in [2.75, 3.05) is 5.43 Å². The second-order valence-electron chi connectivity index (χ2n) is 3.03. The third-order valence-electron chi connectivity index (χ3n) is 2.06. The molecule has 1 heterocycles. The Labute approximate surface area is 76.6 Å². The van der Waals surface area contributed by atoms with Crippen molar-refractivity contribution in [2.45, 2.75) is 6.92 Å². The van der Waals surface area contributed by atoms with Crippen LogP contribution in [0.15, 0.2) is 30.5 Å². The number of hydrogen-bond acceptors (Lipinski definition) is 3. The van der Waals surface area contributed by atoms with E-state index in [0.717, 1.165) is 16.6 Å². The zero-order valence-corrected chi connectivity index (χ0v) is 7.41. The van der Waals surface area contributed by atoms with Crippen molar-refractivity contribution in [3.8, 4) is 0 Å². The minimum Gasteiger partial charge on any atom is -0.308 e. The molecule has 13 heavy (non-hydrogen) atoms. The predicted molar refractivity (Wildman–Crippen MR) is 54.3 cm³/mol. The fourth-order valence-electron chi connectivity index (χ4n) is 1.41. The van der Waals surface area contributed by atoms with E-state index in [1.54, 1.807) is 6.20 Å². The lowest BCUT2D eigenvalue weighted by molar-refractivity contribution is 1.25. The van der Waals surface area contributed by atoms with Gasteiger partial charge >= 0.3 is 0 Å².